The van der Waals surface area contributed by atoms with E-state index in [0.29, 0.717) is 13.2 Å². The lowest BCUT2D eigenvalue weighted by atomic mass is 10.2. The van der Waals surface area contributed by atoms with Crippen molar-refractivity contribution in [1.29, 1.82) is 0 Å². The first kappa shape index (κ1) is 14.8. The first-order valence-electron chi connectivity index (χ1n) is 7.90. The van der Waals surface area contributed by atoms with Gasteiger partial charge in [-0.2, -0.15) is 0 Å². The molecule has 2 fully saturated rings. The lowest BCUT2D eigenvalue weighted by Gasteiger charge is -2.19. The van der Waals surface area contributed by atoms with Crippen molar-refractivity contribution in [3.8, 4) is 0 Å². The summed E-state index contributed by atoms with van der Waals surface area (Å²) in [5.74, 6) is 0. The minimum atomic E-state index is -1.14. The fourth-order valence-electron chi connectivity index (χ4n) is 3.23. The summed E-state index contributed by atoms with van der Waals surface area (Å²) >= 11 is 0. The Labute approximate surface area is 135 Å². The second-order valence-electron chi connectivity index (χ2n) is 6.07. The average molecular weight is 314 g/mol. The number of halogens is 1. The summed E-state index contributed by atoms with van der Waals surface area (Å²) in [5, 5.41) is 0. The van der Waals surface area contributed by atoms with E-state index in [0.717, 1.165) is 11.1 Å². The zero-order valence-electron chi connectivity index (χ0n) is 12.7. The molecule has 2 aromatic rings. The van der Waals surface area contributed by atoms with Gasteiger partial charge in [-0.25, -0.2) is 4.39 Å². The van der Waals surface area contributed by atoms with Crippen LogP contribution in [0.3, 0.4) is 0 Å². The molecule has 4 rings (SSSR count). The molecule has 2 aromatic carbocycles. The molecule has 1 heterocycles. The molecule has 120 valence electrons. The molecule has 0 amide bonds. The van der Waals surface area contributed by atoms with Gasteiger partial charge in [0.15, 0.2) is 11.8 Å². The van der Waals surface area contributed by atoms with Crippen molar-refractivity contribution >= 4 is 0 Å². The number of hydrogen-bond acceptors (Lipinski definition) is 3. The highest BCUT2D eigenvalue weighted by atomic mass is 19.1. The van der Waals surface area contributed by atoms with Gasteiger partial charge in [0.2, 0.25) is 0 Å². The van der Waals surface area contributed by atoms with Crippen LogP contribution in [0, 0.1) is 0 Å². The van der Waals surface area contributed by atoms with Crippen molar-refractivity contribution in [2.24, 2.45) is 0 Å². The van der Waals surface area contributed by atoms with Crippen LogP contribution in [-0.4, -0.2) is 30.6 Å². The van der Waals surface area contributed by atoms with E-state index in [9.17, 15) is 4.39 Å². The van der Waals surface area contributed by atoms with E-state index in [1.807, 2.05) is 60.7 Å². The zero-order valence-corrected chi connectivity index (χ0v) is 12.7. The van der Waals surface area contributed by atoms with Gasteiger partial charge in [-0.05, 0) is 11.1 Å². The molecule has 23 heavy (non-hydrogen) atoms. The maximum Gasteiger partial charge on any atom is 0.159 e. The highest BCUT2D eigenvalue weighted by molar-refractivity contribution is 5.27. The minimum absolute atomic E-state index is 0.0879. The quantitative estimate of drug-likeness (QED) is 0.819. The Morgan fingerprint density at radius 2 is 1.57 bits per heavy atom. The minimum Gasteiger partial charge on any atom is -0.369 e. The van der Waals surface area contributed by atoms with Gasteiger partial charge in [0.05, 0.1) is 19.8 Å². The fourth-order valence-corrected chi connectivity index (χ4v) is 3.23. The third-order valence-electron chi connectivity index (χ3n) is 4.57. The first-order valence-corrected chi connectivity index (χ1v) is 7.90. The summed E-state index contributed by atoms with van der Waals surface area (Å²) in [5.41, 5.74) is 1.14. The average Bonchev–Trinajstić information content (AvgIpc) is 3.12. The summed E-state index contributed by atoms with van der Waals surface area (Å²) in [6.45, 7) is 0.894. The lowest BCUT2D eigenvalue weighted by Crippen LogP contribution is -2.33. The Morgan fingerprint density at radius 3 is 2.22 bits per heavy atom. The topological polar surface area (TPSA) is 27.7 Å². The summed E-state index contributed by atoms with van der Waals surface area (Å²) in [6, 6.07) is 19.6. The largest absolute Gasteiger partial charge is 0.369 e. The van der Waals surface area contributed by atoms with Crippen molar-refractivity contribution in [2.75, 3.05) is 6.61 Å². The van der Waals surface area contributed by atoms with Crippen molar-refractivity contribution in [3.05, 3.63) is 71.8 Å². The maximum atomic E-state index is 14.4. The van der Waals surface area contributed by atoms with Gasteiger partial charge in [-0.3, -0.25) is 0 Å². The number of alkyl halides is 1. The van der Waals surface area contributed by atoms with Gasteiger partial charge in [-0.15, -0.1) is 0 Å². The normalized spacial score (nSPS) is 31.8. The van der Waals surface area contributed by atoms with E-state index in [-0.39, 0.29) is 18.8 Å². The predicted molar refractivity (Wildman–Crippen MR) is 83.6 cm³/mol. The number of ether oxygens (including phenoxy) is 3. The van der Waals surface area contributed by atoms with Gasteiger partial charge >= 0.3 is 0 Å². The Kier molecular flexibility index (Phi) is 3.89. The Balaban J connectivity index is 1.40. The molecule has 0 N–H and O–H groups in total. The Morgan fingerprint density at radius 1 is 0.957 bits per heavy atom. The van der Waals surface area contributed by atoms with Crippen molar-refractivity contribution in [3.63, 3.8) is 0 Å². The van der Waals surface area contributed by atoms with Gasteiger partial charge in [0, 0.05) is 0 Å². The standard InChI is InChI=1S/C19H19FO3/c20-16-13-22-18-17(21-11-14-7-3-1-4-8-14)19(16,18)23-12-15-9-5-2-6-10-15/h1-10,16-18H,11-13H2/t16-,17?,18?,19-/m0/s1. The first-order chi connectivity index (χ1) is 11.3. The second-order valence-corrected chi connectivity index (χ2v) is 6.07. The highest BCUT2D eigenvalue weighted by Gasteiger charge is 2.77. The maximum absolute atomic E-state index is 14.4. The highest BCUT2D eigenvalue weighted by Crippen LogP contribution is 2.54. The molecule has 1 saturated heterocycles. The number of hydrogen-bond donors (Lipinski definition) is 0. The van der Waals surface area contributed by atoms with E-state index < -0.39 is 11.8 Å². The second kappa shape index (κ2) is 6.04. The molecular weight excluding hydrogens is 295 g/mol. The van der Waals surface area contributed by atoms with Gasteiger partial charge in [-0.1, -0.05) is 60.7 Å². The van der Waals surface area contributed by atoms with Crippen LogP contribution in [0.4, 0.5) is 4.39 Å². The van der Waals surface area contributed by atoms with E-state index in [4.69, 9.17) is 14.2 Å². The fraction of sp³-hybridized carbons (Fsp3) is 0.368. The van der Waals surface area contributed by atoms with E-state index in [1.54, 1.807) is 0 Å². The molecule has 0 spiro atoms. The van der Waals surface area contributed by atoms with Crippen LogP contribution in [0.15, 0.2) is 60.7 Å². The summed E-state index contributed by atoms with van der Waals surface area (Å²) in [7, 11) is 0. The van der Waals surface area contributed by atoms with Crippen LogP contribution in [0.5, 0.6) is 0 Å². The summed E-state index contributed by atoms with van der Waals surface area (Å²) in [6.07, 6.45) is -1.78. The lowest BCUT2D eigenvalue weighted by molar-refractivity contribution is -0.0728. The van der Waals surface area contributed by atoms with Crippen LogP contribution < -0.4 is 0 Å². The van der Waals surface area contributed by atoms with Gasteiger partial charge < -0.3 is 14.2 Å². The van der Waals surface area contributed by atoms with Crippen LogP contribution in [0.25, 0.3) is 0 Å². The molecule has 2 unspecified atom stereocenters. The third-order valence-corrected chi connectivity index (χ3v) is 4.57. The van der Waals surface area contributed by atoms with Gasteiger partial charge in [0.1, 0.15) is 12.2 Å². The molecule has 3 nitrogen and oxygen atoms in total. The van der Waals surface area contributed by atoms with Crippen molar-refractivity contribution < 1.29 is 18.6 Å². The molecule has 2 aliphatic rings. The van der Waals surface area contributed by atoms with Gasteiger partial charge in [0.25, 0.3) is 0 Å². The molecule has 0 aromatic heterocycles. The Hall–Kier alpha value is -1.75. The van der Waals surface area contributed by atoms with E-state index in [2.05, 4.69) is 0 Å². The van der Waals surface area contributed by atoms with E-state index >= 15 is 0 Å². The number of rotatable bonds is 6. The summed E-state index contributed by atoms with van der Waals surface area (Å²) in [4.78, 5) is 0. The molecule has 0 bridgehead atoms. The molecule has 1 aliphatic carbocycles. The number of benzene rings is 2. The zero-order chi connectivity index (χ0) is 15.7. The van der Waals surface area contributed by atoms with Crippen molar-refractivity contribution in [2.45, 2.75) is 37.2 Å². The predicted octanol–water partition coefficient (Wildman–Crippen LogP) is 3.28. The monoisotopic (exact) mass is 314 g/mol. The molecule has 1 saturated carbocycles. The van der Waals surface area contributed by atoms with Crippen LogP contribution in [0.1, 0.15) is 11.1 Å². The molecule has 4 heteroatoms. The van der Waals surface area contributed by atoms with Crippen LogP contribution in [0.2, 0.25) is 0 Å². The molecule has 0 radical (unpaired) electrons. The Bertz CT molecular complexity index is 648. The smallest absolute Gasteiger partial charge is 0.159 e. The van der Waals surface area contributed by atoms with Crippen LogP contribution >= 0.6 is 0 Å². The third kappa shape index (κ3) is 2.67. The molecular formula is C19H19FO3. The molecule has 1 aliphatic heterocycles. The van der Waals surface area contributed by atoms with E-state index in [1.165, 1.54) is 0 Å². The summed E-state index contributed by atoms with van der Waals surface area (Å²) < 4.78 is 31.7. The molecule has 4 atom stereocenters. The van der Waals surface area contributed by atoms with Crippen molar-refractivity contribution in [1.82, 2.24) is 0 Å². The SMILES string of the molecule is F[C@H]1COC2C(OCc3ccccc3)[C@]21OCc1ccccc1. The van der Waals surface area contributed by atoms with Crippen LogP contribution in [-0.2, 0) is 27.4 Å². The number of fused-ring (bicyclic) bond motifs is 1.